The average molecular weight is 1160 g/mol. The Bertz CT molecular complexity index is 3300. The molecule has 424 valence electrons. The van der Waals surface area contributed by atoms with Crippen molar-refractivity contribution in [3.63, 3.8) is 0 Å². The molecule has 0 saturated heterocycles. The molecule has 0 unspecified atom stereocenters. The number of ketones is 1. The predicted molar refractivity (Wildman–Crippen MR) is 300 cm³/mol. The lowest BCUT2D eigenvalue weighted by Crippen LogP contribution is -2.18. The topological polar surface area (TPSA) is 388 Å². The van der Waals surface area contributed by atoms with Crippen LogP contribution in [0.15, 0.2) is 72.0 Å². The SMILES string of the molecule is CCC(N)=S.CCC1=NCC=N1.CCc1ncn(-c2ncc(OC)c3c(C(=O)C(=O)OC)c[nH]c23)n1.CCc1ncn(-c2ncc(OC)c3cc[nH]c23)n1.CO.COC(=O)C(=O)Cl.COc1cnc(Cl)c2[nH]ccc12.NNC=O. The fourth-order valence-corrected chi connectivity index (χ4v) is 6.34. The van der Waals surface area contributed by atoms with Crippen molar-refractivity contribution in [3.8, 4) is 28.9 Å². The number of Topliss-reactive ketones (excluding diaryl/α,β-unsaturated/α-hetero) is 1. The number of aromatic nitrogens is 12. The number of hydrazine groups is 1. The van der Waals surface area contributed by atoms with Crippen molar-refractivity contribution in [3.05, 3.63) is 84.3 Å². The third-order valence-electron chi connectivity index (χ3n) is 9.80. The standard InChI is InChI=1S/C15H15N5O4.C12H13N5O.C8H7ClN2O.C5H8N2.C3H3ClO3.C3H7NS.CH4N2O.CH4O/c1-4-10-18-7-20(19-10)14-12-11(9(23-2)6-17-14)8(5-16-12)13(21)15(22)24-3;1-3-10-15-7-17(16-10)12-11-8(4-5-13-11)9(18-2)6-14-12;1-12-6-4-11-8(9)7-5(6)2-3-10-7;1-2-5-6-3-4-7-5;1-7-3(6)2(4)5;1-2-3(4)5;2-3-1-4;1-2/h5-7,16H,4H2,1-3H3;4-7,13H,3H2,1-2H3;2-4,10H,1H3;3H,2,4H2,1H3;1H3;2H2,1H3,(H2,4,5);1H,2H2,(H,3,4);2H,1H3. The molecule has 0 aliphatic carbocycles. The number of aryl methyl sites for hydroxylation is 2. The highest BCUT2D eigenvalue weighted by Gasteiger charge is 2.25. The number of halogens is 2. The van der Waals surface area contributed by atoms with Gasteiger partial charge in [0.15, 0.2) is 28.4 Å². The number of nitrogens with one attached hydrogen (secondary N) is 4. The molecule has 0 atom stereocenters. The van der Waals surface area contributed by atoms with Crippen LogP contribution in [0.2, 0.25) is 5.15 Å². The number of thiocarbonyl (C=S) groups is 1. The fourth-order valence-electron chi connectivity index (χ4n) is 6.06. The van der Waals surface area contributed by atoms with Crippen LogP contribution in [0.25, 0.3) is 44.3 Å². The summed E-state index contributed by atoms with van der Waals surface area (Å²) in [6.07, 6.45) is 18.6. The molecule has 79 heavy (non-hydrogen) atoms. The van der Waals surface area contributed by atoms with Crippen molar-refractivity contribution >= 4 is 115 Å². The Balaban J connectivity index is 0.000000342. The maximum atomic E-state index is 12.2. The number of carbonyl (C=O) groups excluding carboxylic acids is 5. The molecule has 1 aliphatic heterocycles. The number of pyridine rings is 3. The summed E-state index contributed by atoms with van der Waals surface area (Å²) in [5, 5.41) is 17.4. The second-order valence-corrected chi connectivity index (χ2v) is 15.7. The number of nitrogens with zero attached hydrogens (tertiary/aromatic N) is 11. The molecule has 8 aromatic rings. The van der Waals surface area contributed by atoms with Gasteiger partial charge in [-0.05, 0) is 30.2 Å². The number of ether oxygens (including phenoxy) is 5. The van der Waals surface area contributed by atoms with Gasteiger partial charge in [-0.3, -0.25) is 24.8 Å². The second kappa shape index (κ2) is 35.5. The number of amides is 1. The van der Waals surface area contributed by atoms with Gasteiger partial charge in [0.05, 0.1) is 93.2 Å². The van der Waals surface area contributed by atoms with E-state index in [2.05, 4.69) is 106 Å². The van der Waals surface area contributed by atoms with Gasteiger partial charge in [0.1, 0.15) is 35.7 Å². The maximum absolute atomic E-state index is 12.2. The number of hydrogen-bond acceptors (Lipinski definition) is 22. The van der Waals surface area contributed by atoms with Crippen molar-refractivity contribution in [1.29, 1.82) is 0 Å². The zero-order chi connectivity index (χ0) is 59.0. The Morgan fingerprint density at radius 3 is 1.62 bits per heavy atom. The number of H-pyrrole nitrogens is 3. The van der Waals surface area contributed by atoms with Crippen LogP contribution >= 0.6 is 35.4 Å². The van der Waals surface area contributed by atoms with E-state index in [0.29, 0.717) is 51.3 Å². The molecule has 0 fully saturated rings. The number of aromatic amines is 3. The normalized spacial score (nSPS) is 10.4. The Morgan fingerprint density at radius 2 is 1.23 bits per heavy atom. The molecule has 8 aromatic heterocycles. The molecular weight excluding hydrogens is 1090 g/mol. The maximum Gasteiger partial charge on any atom is 0.391 e. The molecule has 9 heterocycles. The lowest BCUT2D eigenvalue weighted by Gasteiger charge is -2.07. The van der Waals surface area contributed by atoms with Crippen LogP contribution in [0.1, 0.15) is 62.5 Å². The molecule has 9 rings (SSSR count). The van der Waals surface area contributed by atoms with Crippen molar-refractivity contribution < 1.29 is 52.8 Å². The summed E-state index contributed by atoms with van der Waals surface area (Å²) in [6, 6.07) is 3.86. The van der Waals surface area contributed by atoms with Gasteiger partial charge in [-0.2, -0.15) is 0 Å². The number of methoxy groups -OCH3 is 5. The Labute approximate surface area is 467 Å². The van der Waals surface area contributed by atoms with Crippen molar-refractivity contribution in [2.24, 2.45) is 21.6 Å². The molecule has 0 bridgehead atoms. The van der Waals surface area contributed by atoms with E-state index in [1.165, 1.54) is 30.5 Å². The minimum Gasteiger partial charge on any atom is -0.494 e. The van der Waals surface area contributed by atoms with Crippen LogP contribution in [-0.4, -0.2) is 160 Å². The molecule has 0 saturated carbocycles. The van der Waals surface area contributed by atoms with Crippen LogP contribution in [0.5, 0.6) is 17.2 Å². The number of aliphatic hydroxyl groups is 1. The lowest BCUT2D eigenvalue weighted by atomic mass is 10.1. The summed E-state index contributed by atoms with van der Waals surface area (Å²) in [7, 11) is 7.94. The van der Waals surface area contributed by atoms with E-state index < -0.39 is 23.0 Å². The van der Waals surface area contributed by atoms with Crippen molar-refractivity contribution in [2.45, 2.75) is 53.4 Å². The zero-order valence-corrected chi connectivity index (χ0v) is 47.1. The van der Waals surface area contributed by atoms with Gasteiger partial charge in [0.2, 0.25) is 6.41 Å². The number of fused-ring (bicyclic) bond motifs is 3. The van der Waals surface area contributed by atoms with Gasteiger partial charge in [-0.15, -0.1) is 10.2 Å². The number of carbonyl (C=O) groups is 5. The number of nitrogens with two attached hydrogens (primary N) is 2. The Morgan fingerprint density at radius 1 is 0.747 bits per heavy atom. The van der Waals surface area contributed by atoms with Crippen molar-refractivity contribution in [1.82, 2.24) is 64.9 Å². The highest BCUT2D eigenvalue weighted by atomic mass is 35.5. The van der Waals surface area contributed by atoms with Crippen LogP contribution in [-0.2, 0) is 41.5 Å². The average Bonchev–Trinajstić information content (AvgIpc) is 4.39. The Kier molecular flexibility index (Phi) is 29.8. The van der Waals surface area contributed by atoms with Gasteiger partial charge in [-0.25, -0.2) is 54.7 Å². The lowest BCUT2D eigenvalue weighted by molar-refractivity contribution is -0.148. The van der Waals surface area contributed by atoms with Gasteiger partial charge in [0.25, 0.3) is 5.78 Å². The first-order chi connectivity index (χ1) is 38.1. The first-order valence-electron chi connectivity index (χ1n) is 23.2. The highest BCUT2D eigenvalue weighted by Crippen LogP contribution is 2.32. The molecule has 1 aliphatic rings. The number of hydrogen-bond donors (Lipinski definition) is 7. The fraction of sp³-hybridized carbons (Fsp3) is 0.312. The minimum absolute atomic E-state index is 0.146. The first kappa shape index (κ1) is 66.3. The number of aliphatic hydroxyl groups excluding tert-OH is 1. The Hall–Kier alpha value is -8.77. The van der Waals surface area contributed by atoms with Crippen LogP contribution in [0.3, 0.4) is 0 Å². The molecule has 1 amide bonds. The molecule has 0 spiro atoms. The van der Waals surface area contributed by atoms with Gasteiger partial charge < -0.3 is 49.5 Å². The summed E-state index contributed by atoms with van der Waals surface area (Å²) in [5.74, 6) is 7.11. The van der Waals surface area contributed by atoms with E-state index in [1.807, 2.05) is 45.3 Å². The summed E-state index contributed by atoms with van der Waals surface area (Å²) in [6.45, 7) is 8.75. The number of aliphatic imine (C=N–C) groups is 2. The third kappa shape index (κ3) is 19.3. The smallest absolute Gasteiger partial charge is 0.391 e. The predicted octanol–water partition coefficient (Wildman–Crippen LogP) is 4.71. The third-order valence-corrected chi connectivity index (χ3v) is 10.5. The van der Waals surface area contributed by atoms with Crippen LogP contribution in [0.4, 0.5) is 0 Å². The minimum atomic E-state index is -1.09. The molecule has 28 nitrogen and oxygen atoms in total. The van der Waals surface area contributed by atoms with Crippen LogP contribution < -0.4 is 31.2 Å². The molecule has 0 radical (unpaired) electrons. The van der Waals surface area contributed by atoms with Crippen LogP contribution in [0, 0.1) is 0 Å². The van der Waals surface area contributed by atoms with E-state index in [-0.39, 0.29) is 5.56 Å². The monoisotopic (exact) mass is 1150 g/mol. The number of esters is 2. The van der Waals surface area contributed by atoms with E-state index in [0.717, 1.165) is 97.9 Å². The molecule has 0 aromatic carbocycles. The highest BCUT2D eigenvalue weighted by molar-refractivity contribution is 7.80. The number of amidine groups is 1. The molecular formula is C48H61Cl2N17O11S. The van der Waals surface area contributed by atoms with Gasteiger partial charge >= 0.3 is 17.2 Å². The number of rotatable bonds is 13. The van der Waals surface area contributed by atoms with E-state index >= 15 is 0 Å². The molecule has 31 heteroatoms. The first-order valence-corrected chi connectivity index (χ1v) is 24.3. The largest absolute Gasteiger partial charge is 0.494 e. The zero-order valence-electron chi connectivity index (χ0n) is 44.7. The molecule has 9 N–H and O–H groups in total. The van der Waals surface area contributed by atoms with Crippen molar-refractivity contribution in [2.75, 3.05) is 49.2 Å². The summed E-state index contributed by atoms with van der Waals surface area (Å²) in [5.41, 5.74) is 9.13. The van der Waals surface area contributed by atoms with Gasteiger partial charge in [0, 0.05) is 61.9 Å². The van der Waals surface area contributed by atoms with E-state index in [9.17, 15) is 19.2 Å². The summed E-state index contributed by atoms with van der Waals surface area (Å²) >= 11 is 14.9. The van der Waals surface area contributed by atoms with Gasteiger partial charge in [-0.1, -0.05) is 51.5 Å². The van der Waals surface area contributed by atoms with E-state index in [1.54, 1.807) is 49.2 Å². The quantitative estimate of drug-likeness (QED) is 0.00785. The summed E-state index contributed by atoms with van der Waals surface area (Å²) < 4.78 is 27.2. The van der Waals surface area contributed by atoms with E-state index in [4.69, 9.17) is 41.4 Å². The second-order valence-electron chi connectivity index (χ2n) is 14.4. The summed E-state index contributed by atoms with van der Waals surface area (Å²) in [4.78, 5) is 90.9.